The van der Waals surface area contributed by atoms with E-state index in [1.165, 1.54) is 12.4 Å². The molecule has 1 N–H and O–H groups in total. The van der Waals surface area contributed by atoms with Gasteiger partial charge in [0.05, 0.1) is 26.8 Å². The number of nitrogens with zero attached hydrogens (tertiary/aromatic N) is 2. The smallest absolute Gasteiger partial charge is 0.242 e. The first-order valence-electron chi connectivity index (χ1n) is 8.10. The van der Waals surface area contributed by atoms with Crippen LogP contribution < -0.4 is 4.72 Å². The summed E-state index contributed by atoms with van der Waals surface area (Å²) in [5, 5.41) is 4.01. The third-order valence-electron chi connectivity index (χ3n) is 3.76. The van der Waals surface area contributed by atoms with E-state index in [1.807, 2.05) is 34.6 Å². The van der Waals surface area contributed by atoms with Gasteiger partial charge in [0.25, 0.3) is 10.0 Å². The van der Waals surface area contributed by atoms with E-state index >= 15 is 0 Å². The molecular formula is C17H25N3O3S2. The van der Waals surface area contributed by atoms with Crippen molar-refractivity contribution in [1.29, 1.82) is 0 Å². The summed E-state index contributed by atoms with van der Waals surface area (Å²) in [7, 11) is -4.99. The van der Waals surface area contributed by atoms with Gasteiger partial charge in [0.1, 0.15) is 0 Å². The molecule has 2 atom stereocenters. The Morgan fingerprint density at radius 2 is 1.84 bits per heavy atom. The third-order valence-corrected chi connectivity index (χ3v) is 6.93. The maximum Gasteiger partial charge on any atom is 0.282 e. The maximum atomic E-state index is 12.7. The van der Waals surface area contributed by atoms with Gasteiger partial charge in [-0.25, -0.2) is 8.93 Å². The summed E-state index contributed by atoms with van der Waals surface area (Å²) in [6.45, 7) is 9.49. The second-order valence-corrected chi connectivity index (χ2v) is 10.7. The first kappa shape index (κ1) is 19.8. The Kier molecular flexibility index (Phi) is 5.86. The van der Waals surface area contributed by atoms with Gasteiger partial charge in [-0.3, -0.25) is 0 Å². The van der Waals surface area contributed by atoms with Crippen molar-refractivity contribution in [3.8, 4) is 0 Å². The number of benzene rings is 1. The van der Waals surface area contributed by atoms with Crippen molar-refractivity contribution >= 4 is 21.0 Å². The van der Waals surface area contributed by atoms with Crippen molar-refractivity contribution in [2.24, 2.45) is 0 Å². The molecule has 0 amide bonds. The Hall–Kier alpha value is -1.51. The lowest BCUT2D eigenvalue weighted by molar-refractivity contribution is 0.579. The van der Waals surface area contributed by atoms with Crippen LogP contribution in [0.25, 0.3) is 0 Å². The lowest BCUT2D eigenvalue weighted by atomic mass is 10.1. The van der Waals surface area contributed by atoms with Gasteiger partial charge in [-0.05, 0) is 46.2 Å². The lowest BCUT2D eigenvalue weighted by Gasteiger charge is -2.22. The highest BCUT2D eigenvalue weighted by Crippen LogP contribution is 2.22. The van der Waals surface area contributed by atoms with E-state index in [9.17, 15) is 12.6 Å². The molecule has 25 heavy (non-hydrogen) atoms. The number of aromatic nitrogens is 2. The molecule has 0 saturated heterocycles. The third kappa shape index (κ3) is 4.56. The summed E-state index contributed by atoms with van der Waals surface area (Å²) >= 11 is 0. The molecule has 0 spiro atoms. The van der Waals surface area contributed by atoms with Gasteiger partial charge < -0.3 is 0 Å². The monoisotopic (exact) mass is 383 g/mol. The highest BCUT2D eigenvalue weighted by Gasteiger charge is 2.25. The Balaban J connectivity index is 2.28. The van der Waals surface area contributed by atoms with E-state index in [0.717, 1.165) is 9.65 Å². The van der Waals surface area contributed by atoms with E-state index in [4.69, 9.17) is 0 Å². The summed E-state index contributed by atoms with van der Waals surface area (Å²) in [5.74, 6) is 0. The van der Waals surface area contributed by atoms with Crippen LogP contribution in [0.1, 0.15) is 51.3 Å². The molecule has 8 heteroatoms. The minimum Gasteiger partial charge on any atom is -0.242 e. The van der Waals surface area contributed by atoms with Crippen molar-refractivity contribution < 1.29 is 12.6 Å². The van der Waals surface area contributed by atoms with Crippen LogP contribution in [0.15, 0.2) is 41.6 Å². The van der Waals surface area contributed by atoms with Crippen molar-refractivity contribution in [1.82, 2.24) is 13.9 Å². The zero-order valence-electron chi connectivity index (χ0n) is 15.2. The van der Waals surface area contributed by atoms with Crippen molar-refractivity contribution in [3.05, 3.63) is 47.8 Å². The summed E-state index contributed by atoms with van der Waals surface area (Å²) < 4.78 is 41.3. The minimum absolute atomic E-state index is 0.187. The van der Waals surface area contributed by atoms with E-state index in [0.29, 0.717) is 12.0 Å². The van der Waals surface area contributed by atoms with Crippen LogP contribution in [-0.4, -0.2) is 26.6 Å². The number of nitrogens with one attached hydrogen (secondary N) is 1. The highest BCUT2D eigenvalue weighted by molar-refractivity contribution is 7.89. The highest BCUT2D eigenvalue weighted by atomic mass is 32.2. The summed E-state index contributed by atoms with van der Waals surface area (Å²) in [5.41, 5.74) is 1.68. The molecule has 138 valence electrons. The first-order chi connectivity index (χ1) is 11.6. The van der Waals surface area contributed by atoms with Crippen LogP contribution in [0.5, 0.6) is 0 Å². The van der Waals surface area contributed by atoms with E-state index < -0.39 is 25.8 Å². The van der Waals surface area contributed by atoms with Crippen LogP contribution in [-0.2, 0) is 21.0 Å². The number of hydrogen-bond acceptors (Lipinski definition) is 4. The first-order valence-corrected chi connectivity index (χ1v) is 10.7. The van der Waals surface area contributed by atoms with Gasteiger partial charge in [0, 0.05) is 17.8 Å². The fourth-order valence-electron chi connectivity index (χ4n) is 2.14. The SMILES string of the molecule is CCC(NS(=O)C(C)(C)C)c1cnn(S(=O)(=O)c2ccc(C)cc2)c1. The molecule has 2 rings (SSSR count). The largest absolute Gasteiger partial charge is 0.282 e. The van der Waals surface area contributed by atoms with Gasteiger partial charge >= 0.3 is 0 Å². The van der Waals surface area contributed by atoms with Crippen LogP contribution >= 0.6 is 0 Å². The van der Waals surface area contributed by atoms with Crippen LogP contribution in [0, 0.1) is 6.92 Å². The maximum absolute atomic E-state index is 12.7. The normalized spacial score (nSPS) is 15.1. The fourth-order valence-corrected chi connectivity index (χ4v) is 4.18. The zero-order valence-corrected chi connectivity index (χ0v) is 16.8. The van der Waals surface area contributed by atoms with E-state index in [1.54, 1.807) is 24.3 Å². The second-order valence-electron chi connectivity index (χ2n) is 6.92. The molecular weight excluding hydrogens is 358 g/mol. The molecule has 1 heterocycles. The molecule has 6 nitrogen and oxygen atoms in total. The molecule has 0 fully saturated rings. The topological polar surface area (TPSA) is 81.1 Å². The lowest BCUT2D eigenvalue weighted by Crippen LogP contribution is -2.35. The van der Waals surface area contributed by atoms with Crippen molar-refractivity contribution in [3.63, 3.8) is 0 Å². The Labute approximate surface area is 152 Å². The van der Waals surface area contributed by atoms with E-state index in [2.05, 4.69) is 9.82 Å². The van der Waals surface area contributed by atoms with Crippen LogP contribution in [0.2, 0.25) is 0 Å². The predicted octanol–water partition coefficient (Wildman–Crippen LogP) is 2.93. The standard InChI is InChI=1S/C17H25N3O3S2/c1-6-16(19-24(21)17(3,4)5)14-11-18-20(12-14)25(22,23)15-9-7-13(2)8-10-15/h7-12,16,19H,6H2,1-5H3. The molecule has 0 radical (unpaired) electrons. The minimum atomic E-state index is -3.73. The Morgan fingerprint density at radius 1 is 1.24 bits per heavy atom. The Bertz CT molecular complexity index is 850. The quantitative estimate of drug-likeness (QED) is 0.831. The molecule has 0 aliphatic carbocycles. The van der Waals surface area contributed by atoms with Crippen LogP contribution in [0.3, 0.4) is 0 Å². The van der Waals surface area contributed by atoms with Crippen LogP contribution in [0.4, 0.5) is 0 Å². The van der Waals surface area contributed by atoms with Crippen molar-refractivity contribution in [2.75, 3.05) is 0 Å². The molecule has 1 aromatic carbocycles. The molecule has 2 unspecified atom stereocenters. The summed E-state index contributed by atoms with van der Waals surface area (Å²) in [6, 6.07) is 6.40. The van der Waals surface area contributed by atoms with Gasteiger partial charge in [-0.1, -0.05) is 24.6 Å². The molecule has 0 aliphatic heterocycles. The van der Waals surface area contributed by atoms with Gasteiger partial charge in [-0.2, -0.15) is 17.6 Å². The molecule has 0 aliphatic rings. The predicted molar refractivity (Wildman–Crippen MR) is 100 cm³/mol. The Morgan fingerprint density at radius 3 is 2.36 bits per heavy atom. The number of hydrogen-bond donors (Lipinski definition) is 1. The molecule has 0 bridgehead atoms. The number of rotatable bonds is 6. The second kappa shape index (κ2) is 7.39. The summed E-state index contributed by atoms with van der Waals surface area (Å²) in [4.78, 5) is 0.187. The number of aryl methyl sites for hydroxylation is 1. The average Bonchev–Trinajstić information content (AvgIpc) is 3.02. The fraction of sp³-hybridized carbons (Fsp3) is 0.471. The molecule has 1 aromatic heterocycles. The van der Waals surface area contributed by atoms with Gasteiger partial charge in [-0.15, -0.1) is 0 Å². The van der Waals surface area contributed by atoms with Crippen molar-refractivity contribution in [2.45, 2.75) is 56.7 Å². The summed E-state index contributed by atoms with van der Waals surface area (Å²) in [6.07, 6.45) is 3.65. The molecule has 2 aromatic rings. The van der Waals surface area contributed by atoms with Gasteiger partial charge in [0.2, 0.25) is 0 Å². The average molecular weight is 384 g/mol. The zero-order chi connectivity index (χ0) is 18.8. The van der Waals surface area contributed by atoms with Gasteiger partial charge in [0.15, 0.2) is 0 Å². The van der Waals surface area contributed by atoms with E-state index in [-0.39, 0.29) is 10.9 Å². The molecule has 0 saturated carbocycles.